The van der Waals surface area contributed by atoms with Gasteiger partial charge in [-0.15, -0.1) is 0 Å². The molecule has 0 aliphatic carbocycles. The van der Waals surface area contributed by atoms with Gasteiger partial charge in [-0.2, -0.15) is 0 Å². The molecule has 0 saturated carbocycles. The monoisotopic (exact) mass is 802 g/mol. The van der Waals surface area contributed by atoms with Crippen LogP contribution in [0.15, 0.2) is 140 Å². The number of hydrogen-bond donors (Lipinski definition) is 0. The standard InChI is InChI=1S/C27H36N2.3C6H5.Cu.Sn/c1-18(2)22-11-9-12-23(19(3)4)26(22)28-15-16-29(17-28)27-24(20(5)6)13-10-14-25(27)21(7)8;3*1-2-4-6-5-3-1;;/h9-16,18-21H,1-8H3;3*1-5H;;. The van der Waals surface area contributed by atoms with Crippen molar-refractivity contribution in [3.05, 3.63) is 169 Å². The molecule has 0 fully saturated rings. The zero-order valence-corrected chi connectivity index (χ0v) is 34.1. The number of hydrogen-bond acceptors (Lipinski definition) is 2. The van der Waals surface area contributed by atoms with Crippen molar-refractivity contribution in [1.82, 2.24) is 0 Å². The topological polar surface area (TPSA) is 6.48 Å². The van der Waals surface area contributed by atoms with E-state index in [0.29, 0.717) is 23.7 Å². The summed E-state index contributed by atoms with van der Waals surface area (Å²) in [6.45, 7) is 21.8. The van der Waals surface area contributed by atoms with Crippen LogP contribution in [0.4, 0.5) is 11.4 Å². The summed E-state index contributed by atoms with van der Waals surface area (Å²) in [4.78, 5) is 4.40. The van der Waals surface area contributed by atoms with Crippen molar-refractivity contribution in [1.29, 1.82) is 0 Å². The predicted octanol–water partition coefficient (Wildman–Crippen LogP) is 10.2. The van der Waals surface area contributed by atoms with E-state index in [2.05, 4.69) is 212 Å². The molecule has 5 aromatic rings. The van der Waals surface area contributed by atoms with Crippen molar-refractivity contribution in [3.8, 4) is 0 Å². The first-order valence-corrected chi connectivity index (χ1v) is 21.8. The minimum atomic E-state index is -1.98. The molecule has 0 unspecified atom stereocenters. The van der Waals surface area contributed by atoms with E-state index in [-0.39, 0.29) is 17.1 Å². The van der Waals surface area contributed by atoms with E-state index < -0.39 is 19.8 Å². The second-order valence-corrected chi connectivity index (χ2v) is 20.9. The van der Waals surface area contributed by atoms with Crippen molar-refractivity contribution in [3.63, 3.8) is 0 Å². The summed E-state index contributed by atoms with van der Waals surface area (Å²) in [7, 11) is 0. The Hall–Kier alpha value is -3.24. The van der Waals surface area contributed by atoms with Crippen LogP contribution in [0, 0.1) is 6.67 Å². The molecule has 5 aromatic carbocycles. The van der Waals surface area contributed by atoms with Gasteiger partial charge in [0, 0.05) is 29.5 Å². The molecule has 1 heterocycles. The molecular formula is C45H51CuN2Sn. The first-order valence-electron chi connectivity index (χ1n) is 17.5. The fraction of sp³-hybridized carbons (Fsp3) is 0.267. The Bertz CT molecular complexity index is 1550. The van der Waals surface area contributed by atoms with Crippen LogP contribution < -0.4 is 20.5 Å². The molecule has 0 saturated heterocycles. The third-order valence-electron chi connectivity index (χ3n) is 8.93. The van der Waals surface area contributed by atoms with Crippen molar-refractivity contribution in [2.75, 3.05) is 9.80 Å². The van der Waals surface area contributed by atoms with Gasteiger partial charge in [0.25, 0.3) is 0 Å². The van der Waals surface area contributed by atoms with Crippen molar-refractivity contribution < 1.29 is 17.1 Å². The molecule has 1 aliphatic rings. The average molecular weight is 802 g/mol. The van der Waals surface area contributed by atoms with Gasteiger partial charge in [-0.3, -0.25) is 0 Å². The van der Waals surface area contributed by atoms with E-state index in [1.54, 1.807) is 0 Å². The maximum atomic E-state index is 3.66. The van der Waals surface area contributed by atoms with E-state index in [4.69, 9.17) is 0 Å². The van der Waals surface area contributed by atoms with Gasteiger partial charge in [0.05, 0.1) is 11.4 Å². The second kappa shape index (κ2) is 18.1. The normalized spacial score (nSPS) is 12.6. The number of para-hydroxylation sites is 2. The Kier molecular flexibility index (Phi) is 14.3. The molecule has 4 radical (unpaired) electrons. The van der Waals surface area contributed by atoms with Gasteiger partial charge in [0.15, 0.2) is 0 Å². The molecule has 6 rings (SSSR count). The molecule has 2 nitrogen and oxygen atoms in total. The summed E-state index contributed by atoms with van der Waals surface area (Å²) in [5, 5.41) is 0. The molecule has 256 valence electrons. The molecule has 1 aliphatic heterocycles. The zero-order valence-electron chi connectivity index (χ0n) is 30.3. The summed E-state index contributed by atoms with van der Waals surface area (Å²) in [5.41, 5.74) is 8.05. The molecule has 0 spiro atoms. The van der Waals surface area contributed by atoms with Crippen LogP contribution in [-0.2, 0) is 17.1 Å². The van der Waals surface area contributed by atoms with Crippen molar-refractivity contribution in [2.24, 2.45) is 0 Å². The van der Waals surface area contributed by atoms with Gasteiger partial charge in [-0.25, -0.2) is 0 Å². The molecule has 0 aromatic heterocycles. The maximum absolute atomic E-state index is 3.66. The Morgan fingerprint density at radius 3 is 0.898 bits per heavy atom. The summed E-state index contributed by atoms with van der Waals surface area (Å²) in [5.74, 6) is 1.84. The van der Waals surface area contributed by atoms with E-state index in [1.165, 1.54) is 44.4 Å². The van der Waals surface area contributed by atoms with Gasteiger partial charge < -0.3 is 9.80 Å². The third-order valence-corrected chi connectivity index (χ3v) is 16.7. The van der Waals surface area contributed by atoms with Crippen LogP contribution in [0.3, 0.4) is 0 Å². The molecule has 0 amide bonds. The summed E-state index contributed by atoms with van der Waals surface area (Å²) in [6.07, 6.45) is 4.32. The number of anilines is 2. The van der Waals surface area contributed by atoms with Gasteiger partial charge in [-0.1, -0.05) is 91.8 Å². The van der Waals surface area contributed by atoms with E-state index >= 15 is 0 Å². The second-order valence-electron chi connectivity index (χ2n) is 13.8. The van der Waals surface area contributed by atoms with Crippen LogP contribution >= 0.6 is 0 Å². The van der Waals surface area contributed by atoms with Gasteiger partial charge in [0.1, 0.15) is 0 Å². The van der Waals surface area contributed by atoms with Crippen LogP contribution in [0.25, 0.3) is 0 Å². The number of benzene rings is 5. The molecule has 0 N–H and O–H groups in total. The SMILES string of the molecule is CC(C)c1cccc(C(C)C)c1N1[C]N(c2c(C(C)C)cccc2C(C)C)C=C1.[Cu].c1cc[c]([Sn]([c]2ccccc2)[c]2ccccc2)cc1. The van der Waals surface area contributed by atoms with Crippen LogP contribution in [0.1, 0.15) is 101 Å². The Balaban J connectivity index is 0.000000234. The Morgan fingerprint density at radius 1 is 0.388 bits per heavy atom. The van der Waals surface area contributed by atoms with E-state index in [1.807, 2.05) is 0 Å². The third kappa shape index (κ3) is 9.31. The van der Waals surface area contributed by atoms with Gasteiger partial charge in [0.2, 0.25) is 6.67 Å². The van der Waals surface area contributed by atoms with Crippen molar-refractivity contribution >= 4 is 41.9 Å². The fourth-order valence-electron chi connectivity index (χ4n) is 6.46. The average Bonchev–Trinajstić information content (AvgIpc) is 3.59. The Labute approximate surface area is 314 Å². The first-order chi connectivity index (χ1) is 23.2. The number of rotatable bonds is 9. The predicted molar refractivity (Wildman–Crippen MR) is 211 cm³/mol. The van der Waals surface area contributed by atoms with E-state index in [0.717, 1.165) is 0 Å². The minimum absolute atomic E-state index is 0. The summed E-state index contributed by atoms with van der Waals surface area (Å²) in [6, 6.07) is 46.3. The van der Waals surface area contributed by atoms with E-state index in [9.17, 15) is 0 Å². The summed E-state index contributed by atoms with van der Waals surface area (Å²) < 4.78 is 4.59. The van der Waals surface area contributed by atoms with Crippen LogP contribution in [-0.4, -0.2) is 19.8 Å². The zero-order chi connectivity index (χ0) is 34.2. The first kappa shape index (κ1) is 38.6. The Morgan fingerprint density at radius 2 is 0.653 bits per heavy atom. The van der Waals surface area contributed by atoms with Gasteiger partial charge in [-0.05, 0) is 45.9 Å². The fourth-order valence-corrected chi connectivity index (χ4v) is 13.8. The summed E-state index contributed by atoms with van der Waals surface area (Å²) >= 11 is -1.98. The molecule has 0 atom stereocenters. The van der Waals surface area contributed by atoms with Crippen molar-refractivity contribution in [2.45, 2.75) is 79.1 Å². The molecule has 49 heavy (non-hydrogen) atoms. The van der Waals surface area contributed by atoms with Gasteiger partial charge >= 0.3 is 121 Å². The van der Waals surface area contributed by atoms with Crippen LogP contribution in [0.2, 0.25) is 0 Å². The van der Waals surface area contributed by atoms with Crippen LogP contribution in [0.5, 0.6) is 0 Å². The number of nitrogens with zero attached hydrogens (tertiary/aromatic N) is 2. The molecule has 0 bridgehead atoms. The quantitative estimate of drug-likeness (QED) is 0.137. The molecule has 4 heteroatoms. The molecular weight excluding hydrogens is 751 g/mol.